The molecule has 19 heavy (non-hydrogen) atoms. The molecule has 2 fully saturated rings. The van der Waals surface area contributed by atoms with Gasteiger partial charge in [-0.05, 0) is 39.3 Å². The van der Waals surface area contributed by atoms with E-state index in [4.69, 9.17) is 4.52 Å². The van der Waals surface area contributed by atoms with Gasteiger partial charge in [-0.25, -0.2) is 0 Å². The molecule has 5 nitrogen and oxygen atoms in total. The second kappa shape index (κ2) is 5.59. The van der Waals surface area contributed by atoms with Gasteiger partial charge in [-0.15, -0.1) is 0 Å². The van der Waals surface area contributed by atoms with E-state index in [1.807, 2.05) is 0 Å². The molecular weight excluding hydrogens is 240 g/mol. The Morgan fingerprint density at radius 3 is 2.95 bits per heavy atom. The summed E-state index contributed by atoms with van der Waals surface area (Å²) in [7, 11) is 4.12. The second-order valence-electron chi connectivity index (χ2n) is 6.21. The first-order valence-corrected chi connectivity index (χ1v) is 7.45. The van der Waals surface area contributed by atoms with Crippen molar-refractivity contribution in [2.75, 3.05) is 20.6 Å². The van der Waals surface area contributed by atoms with Crippen molar-refractivity contribution in [3.63, 3.8) is 0 Å². The van der Waals surface area contributed by atoms with Crippen molar-refractivity contribution in [2.45, 2.75) is 50.6 Å². The van der Waals surface area contributed by atoms with E-state index in [2.05, 4.69) is 34.5 Å². The van der Waals surface area contributed by atoms with Crippen molar-refractivity contribution < 1.29 is 4.52 Å². The Kier molecular flexibility index (Phi) is 3.84. The van der Waals surface area contributed by atoms with Crippen LogP contribution in [-0.4, -0.2) is 41.7 Å². The molecule has 1 aliphatic carbocycles. The summed E-state index contributed by atoms with van der Waals surface area (Å²) in [5, 5.41) is 7.78. The molecule has 106 valence electrons. The van der Waals surface area contributed by atoms with Crippen LogP contribution >= 0.6 is 0 Å². The zero-order chi connectivity index (χ0) is 13.2. The SMILES string of the molecule is CN(C)CCc1noc(C2CC3CCCCC3N2)n1. The number of likely N-dealkylation sites (N-methyl/N-ethyl adjacent to an activating group) is 1. The molecular formula is C14H24N4O. The summed E-state index contributed by atoms with van der Waals surface area (Å²) in [4.78, 5) is 6.69. The van der Waals surface area contributed by atoms with Gasteiger partial charge in [-0.1, -0.05) is 18.0 Å². The summed E-state index contributed by atoms with van der Waals surface area (Å²) in [6.07, 6.45) is 7.43. The predicted molar refractivity (Wildman–Crippen MR) is 72.8 cm³/mol. The first kappa shape index (κ1) is 13.1. The lowest BCUT2D eigenvalue weighted by molar-refractivity contribution is 0.323. The number of nitrogens with zero attached hydrogens (tertiary/aromatic N) is 3. The maximum atomic E-state index is 5.44. The molecule has 2 heterocycles. The van der Waals surface area contributed by atoms with Crippen molar-refractivity contribution in [1.82, 2.24) is 20.4 Å². The minimum absolute atomic E-state index is 0.286. The number of fused-ring (bicyclic) bond motifs is 1. The molecule has 1 aromatic heterocycles. The average molecular weight is 264 g/mol. The van der Waals surface area contributed by atoms with Crippen LogP contribution in [0.3, 0.4) is 0 Å². The fourth-order valence-electron chi connectivity index (χ4n) is 3.34. The highest BCUT2D eigenvalue weighted by molar-refractivity contribution is 5.02. The van der Waals surface area contributed by atoms with Crippen LogP contribution in [0.5, 0.6) is 0 Å². The summed E-state index contributed by atoms with van der Waals surface area (Å²) in [6.45, 7) is 0.961. The Balaban J connectivity index is 1.60. The van der Waals surface area contributed by atoms with Gasteiger partial charge in [0, 0.05) is 19.0 Å². The van der Waals surface area contributed by atoms with Crippen LogP contribution in [-0.2, 0) is 6.42 Å². The van der Waals surface area contributed by atoms with Gasteiger partial charge in [0.05, 0.1) is 6.04 Å². The minimum atomic E-state index is 0.286. The fraction of sp³-hybridized carbons (Fsp3) is 0.857. The highest BCUT2D eigenvalue weighted by Crippen LogP contribution is 2.38. The number of aromatic nitrogens is 2. The van der Waals surface area contributed by atoms with Crippen molar-refractivity contribution >= 4 is 0 Å². The van der Waals surface area contributed by atoms with Crippen LogP contribution in [0.15, 0.2) is 4.52 Å². The van der Waals surface area contributed by atoms with Crippen molar-refractivity contribution in [3.8, 4) is 0 Å². The van der Waals surface area contributed by atoms with Gasteiger partial charge in [-0.3, -0.25) is 0 Å². The fourth-order valence-corrected chi connectivity index (χ4v) is 3.34. The lowest BCUT2D eigenvalue weighted by atomic mass is 9.85. The van der Waals surface area contributed by atoms with Gasteiger partial charge in [0.2, 0.25) is 5.89 Å². The molecule has 3 atom stereocenters. The third-order valence-electron chi connectivity index (χ3n) is 4.43. The highest BCUT2D eigenvalue weighted by atomic mass is 16.5. The Bertz CT molecular complexity index is 403. The van der Waals surface area contributed by atoms with Crippen molar-refractivity contribution in [1.29, 1.82) is 0 Å². The smallest absolute Gasteiger partial charge is 0.243 e. The molecule has 3 unspecified atom stereocenters. The Labute approximate surface area is 114 Å². The topological polar surface area (TPSA) is 54.2 Å². The molecule has 0 aromatic carbocycles. The lowest BCUT2D eigenvalue weighted by Gasteiger charge is -2.24. The zero-order valence-electron chi connectivity index (χ0n) is 11.9. The van der Waals surface area contributed by atoms with Crippen molar-refractivity contribution in [3.05, 3.63) is 11.7 Å². The first-order chi connectivity index (χ1) is 9.22. The molecule has 5 heteroatoms. The molecule has 1 aromatic rings. The maximum Gasteiger partial charge on any atom is 0.243 e. The largest absolute Gasteiger partial charge is 0.338 e. The van der Waals surface area contributed by atoms with Gasteiger partial charge < -0.3 is 14.7 Å². The average Bonchev–Trinajstić information content (AvgIpc) is 3.02. The second-order valence-corrected chi connectivity index (χ2v) is 6.21. The van der Waals surface area contributed by atoms with E-state index in [9.17, 15) is 0 Å². The van der Waals surface area contributed by atoms with Crippen LogP contribution in [0.2, 0.25) is 0 Å². The van der Waals surface area contributed by atoms with Gasteiger partial charge in [0.1, 0.15) is 0 Å². The van der Waals surface area contributed by atoms with E-state index in [0.29, 0.717) is 6.04 Å². The Hall–Kier alpha value is -0.940. The molecule has 0 bridgehead atoms. The maximum absolute atomic E-state index is 5.44. The minimum Gasteiger partial charge on any atom is -0.338 e. The predicted octanol–water partition coefficient (Wildman–Crippen LogP) is 1.77. The quantitative estimate of drug-likeness (QED) is 0.898. The van der Waals surface area contributed by atoms with E-state index in [1.54, 1.807) is 0 Å². The highest BCUT2D eigenvalue weighted by Gasteiger charge is 2.38. The molecule has 2 aliphatic rings. The van der Waals surface area contributed by atoms with E-state index in [1.165, 1.54) is 32.1 Å². The van der Waals surface area contributed by atoms with E-state index in [0.717, 1.165) is 30.6 Å². The number of nitrogens with one attached hydrogen (secondary N) is 1. The van der Waals surface area contributed by atoms with Gasteiger partial charge >= 0.3 is 0 Å². The van der Waals surface area contributed by atoms with Crippen LogP contribution in [0.25, 0.3) is 0 Å². The number of hydrogen-bond acceptors (Lipinski definition) is 5. The van der Waals surface area contributed by atoms with Crippen LogP contribution in [0.4, 0.5) is 0 Å². The summed E-state index contributed by atoms with van der Waals surface area (Å²) in [6, 6.07) is 0.963. The monoisotopic (exact) mass is 264 g/mol. The zero-order valence-corrected chi connectivity index (χ0v) is 11.9. The standard InChI is InChI=1S/C14H24N4O/c1-18(2)8-7-13-16-14(19-17-13)12-9-10-5-3-4-6-11(10)15-12/h10-12,15H,3-9H2,1-2H3. The molecule has 0 spiro atoms. The number of rotatable bonds is 4. The molecule has 0 radical (unpaired) electrons. The molecule has 1 aliphatic heterocycles. The van der Waals surface area contributed by atoms with Gasteiger partial charge in [-0.2, -0.15) is 4.98 Å². The lowest BCUT2D eigenvalue weighted by Crippen LogP contribution is -2.30. The summed E-state index contributed by atoms with van der Waals surface area (Å²) < 4.78 is 5.44. The van der Waals surface area contributed by atoms with Gasteiger partial charge in [0.25, 0.3) is 0 Å². The first-order valence-electron chi connectivity index (χ1n) is 7.45. The third kappa shape index (κ3) is 2.98. The van der Waals surface area contributed by atoms with E-state index < -0.39 is 0 Å². The Morgan fingerprint density at radius 2 is 2.16 bits per heavy atom. The number of hydrogen-bond donors (Lipinski definition) is 1. The van der Waals surface area contributed by atoms with Crippen LogP contribution in [0, 0.1) is 5.92 Å². The van der Waals surface area contributed by atoms with Gasteiger partial charge in [0.15, 0.2) is 5.82 Å². The van der Waals surface area contributed by atoms with Crippen LogP contribution < -0.4 is 5.32 Å². The van der Waals surface area contributed by atoms with E-state index in [-0.39, 0.29) is 6.04 Å². The Morgan fingerprint density at radius 1 is 1.32 bits per heavy atom. The van der Waals surface area contributed by atoms with Crippen LogP contribution in [0.1, 0.15) is 49.9 Å². The third-order valence-corrected chi connectivity index (χ3v) is 4.43. The molecule has 3 rings (SSSR count). The summed E-state index contributed by atoms with van der Waals surface area (Å²) >= 11 is 0. The molecule has 1 saturated carbocycles. The molecule has 1 saturated heterocycles. The molecule has 0 amide bonds. The van der Waals surface area contributed by atoms with Crippen molar-refractivity contribution in [2.24, 2.45) is 5.92 Å². The summed E-state index contributed by atoms with van der Waals surface area (Å²) in [5.74, 6) is 2.44. The molecule has 1 N–H and O–H groups in total. The normalized spacial score (nSPS) is 30.8. The summed E-state index contributed by atoms with van der Waals surface area (Å²) in [5.41, 5.74) is 0. The van der Waals surface area contributed by atoms with E-state index >= 15 is 0 Å².